The Morgan fingerprint density at radius 2 is 2.14 bits per heavy atom. The van der Waals surface area contributed by atoms with E-state index in [9.17, 15) is 9.59 Å². The molecule has 2 aromatic rings. The fraction of sp³-hybridized carbons (Fsp3) is 0.294. The number of benzene rings is 1. The first-order chi connectivity index (χ1) is 10.6. The van der Waals surface area contributed by atoms with Gasteiger partial charge in [-0.25, -0.2) is 4.79 Å². The van der Waals surface area contributed by atoms with Crippen molar-refractivity contribution in [1.82, 2.24) is 5.32 Å². The summed E-state index contributed by atoms with van der Waals surface area (Å²) in [6.07, 6.45) is 1.82. The Morgan fingerprint density at radius 3 is 2.91 bits per heavy atom. The molecule has 3 rings (SSSR count). The molecule has 114 valence electrons. The zero-order valence-electron chi connectivity index (χ0n) is 12.2. The molecule has 1 aliphatic rings. The second-order valence-corrected chi connectivity index (χ2v) is 5.45. The van der Waals surface area contributed by atoms with Gasteiger partial charge in [-0.3, -0.25) is 4.79 Å². The summed E-state index contributed by atoms with van der Waals surface area (Å²) >= 11 is 0. The van der Waals surface area contributed by atoms with Gasteiger partial charge in [0.05, 0.1) is 11.8 Å². The van der Waals surface area contributed by atoms with Gasteiger partial charge in [-0.2, -0.15) is 0 Å². The minimum absolute atomic E-state index is 0.102. The molecule has 2 unspecified atom stereocenters. The second kappa shape index (κ2) is 6.05. The summed E-state index contributed by atoms with van der Waals surface area (Å²) in [6, 6.07) is 10.8. The van der Waals surface area contributed by atoms with Gasteiger partial charge < -0.3 is 14.5 Å². The number of rotatable bonds is 4. The van der Waals surface area contributed by atoms with Crippen LogP contribution in [-0.4, -0.2) is 24.0 Å². The molecule has 1 amide bonds. The zero-order valence-corrected chi connectivity index (χ0v) is 12.2. The molecule has 1 aliphatic heterocycles. The number of amides is 1. The number of fused-ring (bicyclic) bond motifs is 1. The van der Waals surface area contributed by atoms with Crippen LogP contribution in [0.15, 0.2) is 47.1 Å². The van der Waals surface area contributed by atoms with Crippen molar-refractivity contribution in [2.75, 3.05) is 0 Å². The smallest absolute Gasteiger partial charge is 0.339 e. The van der Waals surface area contributed by atoms with Crippen molar-refractivity contribution in [3.8, 4) is 0 Å². The van der Waals surface area contributed by atoms with E-state index in [2.05, 4.69) is 5.32 Å². The third kappa shape index (κ3) is 3.03. The summed E-state index contributed by atoms with van der Waals surface area (Å²) < 4.78 is 10.5. The van der Waals surface area contributed by atoms with Gasteiger partial charge in [0.25, 0.3) is 5.91 Å². The van der Waals surface area contributed by atoms with Crippen molar-refractivity contribution in [3.05, 3.63) is 59.5 Å². The van der Waals surface area contributed by atoms with E-state index in [1.54, 1.807) is 18.4 Å². The van der Waals surface area contributed by atoms with Crippen LogP contribution in [0.3, 0.4) is 0 Å². The molecular weight excluding hydrogens is 282 g/mol. The lowest BCUT2D eigenvalue weighted by molar-refractivity contribution is -0.130. The summed E-state index contributed by atoms with van der Waals surface area (Å²) in [7, 11) is 0. The average Bonchev–Trinajstić information content (AvgIpc) is 3.00. The third-order valence-electron chi connectivity index (χ3n) is 3.66. The van der Waals surface area contributed by atoms with Gasteiger partial charge in [-0.1, -0.05) is 18.2 Å². The number of carbonyl (C=O) groups excluding carboxylic acids is 2. The highest BCUT2D eigenvalue weighted by Gasteiger charge is 2.31. The largest absolute Gasteiger partial charge is 0.469 e. The number of nitrogens with one attached hydrogen (secondary N) is 1. The molecule has 0 fully saturated rings. The Balaban J connectivity index is 1.62. The predicted octanol–water partition coefficient (Wildman–Crippen LogP) is 2.11. The molecule has 1 aromatic carbocycles. The number of esters is 1. The third-order valence-corrected chi connectivity index (χ3v) is 3.66. The molecule has 22 heavy (non-hydrogen) atoms. The van der Waals surface area contributed by atoms with Crippen molar-refractivity contribution >= 4 is 11.9 Å². The summed E-state index contributed by atoms with van der Waals surface area (Å²) in [5.74, 6) is 0.0846. The Kier molecular flexibility index (Phi) is 3.96. The van der Waals surface area contributed by atoms with Gasteiger partial charge in [0.1, 0.15) is 5.76 Å². The molecular formula is C17H17NO4. The average molecular weight is 299 g/mol. The van der Waals surface area contributed by atoms with Crippen LogP contribution in [0.1, 0.15) is 28.6 Å². The van der Waals surface area contributed by atoms with E-state index in [1.807, 2.05) is 31.2 Å². The lowest BCUT2D eigenvalue weighted by atomic mass is 9.98. The van der Waals surface area contributed by atoms with Crippen LogP contribution in [-0.2, 0) is 22.4 Å². The van der Waals surface area contributed by atoms with E-state index in [1.165, 1.54) is 0 Å². The van der Waals surface area contributed by atoms with Gasteiger partial charge >= 0.3 is 5.97 Å². The van der Waals surface area contributed by atoms with E-state index < -0.39 is 12.1 Å². The van der Waals surface area contributed by atoms with Crippen molar-refractivity contribution in [2.45, 2.75) is 31.9 Å². The van der Waals surface area contributed by atoms with Gasteiger partial charge in [0.15, 0.2) is 6.10 Å². The van der Waals surface area contributed by atoms with Crippen LogP contribution in [0, 0.1) is 0 Å². The molecule has 2 heterocycles. The van der Waals surface area contributed by atoms with Crippen LogP contribution in [0.5, 0.6) is 0 Å². The predicted molar refractivity (Wildman–Crippen MR) is 79.4 cm³/mol. The summed E-state index contributed by atoms with van der Waals surface area (Å²) in [5.41, 5.74) is 1.38. The van der Waals surface area contributed by atoms with E-state index in [0.29, 0.717) is 18.4 Å². The van der Waals surface area contributed by atoms with Crippen molar-refractivity contribution in [2.24, 2.45) is 0 Å². The van der Waals surface area contributed by atoms with Gasteiger partial charge in [0, 0.05) is 18.9 Å². The maximum absolute atomic E-state index is 12.3. The fourth-order valence-electron chi connectivity index (χ4n) is 2.60. The van der Waals surface area contributed by atoms with Crippen LogP contribution >= 0.6 is 0 Å². The Labute approximate surface area is 128 Å². The summed E-state index contributed by atoms with van der Waals surface area (Å²) in [5, 5.41) is 2.86. The number of carbonyl (C=O) groups is 2. The van der Waals surface area contributed by atoms with E-state index >= 15 is 0 Å². The first-order valence-corrected chi connectivity index (χ1v) is 7.25. The highest BCUT2D eigenvalue weighted by molar-refractivity contribution is 5.95. The van der Waals surface area contributed by atoms with Crippen molar-refractivity contribution < 1.29 is 18.7 Å². The molecule has 1 N–H and O–H groups in total. The molecule has 2 atom stereocenters. The van der Waals surface area contributed by atoms with Crippen LogP contribution in [0.2, 0.25) is 0 Å². The Hall–Kier alpha value is -2.56. The minimum atomic E-state index is -0.776. The molecule has 0 saturated carbocycles. The topological polar surface area (TPSA) is 68.5 Å². The summed E-state index contributed by atoms with van der Waals surface area (Å²) in [6.45, 7) is 1.89. The lowest BCUT2D eigenvalue weighted by Crippen LogP contribution is -2.45. The Bertz CT molecular complexity index is 678. The van der Waals surface area contributed by atoms with Crippen LogP contribution in [0.4, 0.5) is 0 Å². The maximum Gasteiger partial charge on any atom is 0.339 e. The molecule has 5 heteroatoms. The Morgan fingerprint density at radius 1 is 1.32 bits per heavy atom. The van der Waals surface area contributed by atoms with Crippen molar-refractivity contribution in [1.29, 1.82) is 0 Å². The SMILES string of the molecule is CC(Cc1ccco1)NC(=O)C1Cc2ccccc2C(=O)O1. The minimum Gasteiger partial charge on any atom is -0.469 e. The first kappa shape index (κ1) is 14.4. The number of ether oxygens (including phenoxy) is 1. The van der Waals surface area contributed by atoms with Gasteiger partial charge in [0.2, 0.25) is 0 Å². The molecule has 1 aromatic heterocycles. The number of cyclic esters (lactones) is 1. The van der Waals surface area contributed by atoms with E-state index in [0.717, 1.165) is 11.3 Å². The van der Waals surface area contributed by atoms with E-state index in [-0.39, 0.29) is 11.9 Å². The standard InChI is InChI=1S/C17H17NO4/c1-11(9-13-6-4-8-21-13)18-16(19)15-10-12-5-2-3-7-14(12)17(20)22-15/h2-8,11,15H,9-10H2,1H3,(H,18,19). The maximum atomic E-state index is 12.3. The summed E-state index contributed by atoms with van der Waals surface area (Å²) in [4.78, 5) is 24.2. The molecule has 0 spiro atoms. The molecule has 5 nitrogen and oxygen atoms in total. The van der Waals surface area contributed by atoms with Crippen molar-refractivity contribution in [3.63, 3.8) is 0 Å². The van der Waals surface area contributed by atoms with E-state index in [4.69, 9.17) is 9.15 Å². The molecule has 0 aliphatic carbocycles. The first-order valence-electron chi connectivity index (χ1n) is 7.25. The number of furan rings is 1. The quantitative estimate of drug-likeness (QED) is 0.878. The fourth-order valence-corrected chi connectivity index (χ4v) is 2.60. The van der Waals surface area contributed by atoms with Crippen LogP contribution in [0.25, 0.3) is 0 Å². The number of hydrogen-bond donors (Lipinski definition) is 1. The lowest BCUT2D eigenvalue weighted by Gasteiger charge is -2.25. The normalized spacial score (nSPS) is 18.2. The molecule has 0 saturated heterocycles. The van der Waals surface area contributed by atoms with Gasteiger partial charge in [-0.05, 0) is 30.7 Å². The highest BCUT2D eigenvalue weighted by Crippen LogP contribution is 2.20. The van der Waals surface area contributed by atoms with Crippen LogP contribution < -0.4 is 5.32 Å². The monoisotopic (exact) mass is 299 g/mol. The van der Waals surface area contributed by atoms with Gasteiger partial charge in [-0.15, -0.1) is 0 Å². The molecule has 0 radical (unpaired) electrons. The zero-order chi connectivity index (χ0) is 15.5. The number of hydrogen-bond acceptors (Lipinski definition) is 4. The highest BCUT2D eigenvalue weighted by atomic mass is 16.5. The second-order valence-electron chi connectivity index (χ2n) is 5.45. The molecule has 0 bridgehead atoms.